The van der Waals surface area contributed by atoms with Crippen LogP contribution in [0.25, 0.3) is 16.9 Å². The minimum absolute atomic E-state index is 0.0260. The predicted molar refractivity (Wildman–Crippen MR) is 167 cm³/mol. The number of nitrogens with zero attached hydrogens (tertiary/aromatic N) is 4. The summed E-state index contributed by atoms with van der Waals surface area (Å²) >= 11 is 8.32. The lowest BCUT2D eigenvalue weighted by Crippen LogP contribution is -2.46. The zero-order valence-electron chi connectivity index (χ0n) is 23.3. The van der Waals surface area contributed by atoms with Gasteiger partial charge in [-0.3, -0.25) is 14.5 Å². The summed E-state index contributed by atoms with van der Waals surface area (Å²) in [5.74, 6) is 1.31. The average molecular weight is 585 g/mol. The van der Waals surface area contributed by atoms with E-state index in [4.69, 9.17) is 16.7 Å². The zero-order chi connectivity index (χ0) is 28.5. The van der Waals surface area contributed by atoms with Crippen LogP contribution in [0.15, 0.2) is 78.9 Å². The Morgan fingerprint density at radius 3 is 2.37 bits per heavy atom. The second-order valence-corrected chi connectivity index (χ2v) is 12.5. The van der Waals surface area contributed by atoms with Gasteiger partial charge in [0.05, 0.1) is 22.4 Å². The van der Waals surface area contributed by atoms with Crippen LogP contribution in [-0.4, -0.2) is 51.9 Å². The van der Waals surface area contributed by atoms with Gasteiger partial charge >= 0.3 is 0 Å². The van der Waals surface area contributed by atoms with Crippen molar-refractivity contribution >= 4 is 41.0 Å². The van der Waals surface area contributed by atoms with Crippen molar-refractivity contribution in [2.24, 2.45) is 5.92 Å². The number of carbonyl (C=O) groups excluding carboxylic acids is 2. The van der Waals surface area contributed by atoms with E-state index in [1.54, 1.807) is 4.90 Å². The van der Waals surface area contributed by atoms with Crippen LogP contribution in [0.5, 0.6) is 0 Å². The molecule has 1 saturated heterocycles. The minimum Gasteiger partial charge on any atom is -0.341 e. The highest BCUT2D eigenvalue weighted by atomic mass is 35.5. The topological polar surface area (TPSA) is 58.4 Å². The molecule has 3 heterocycles. The van der Waals surface area contributed by atoms with E-state index in [9.17, 15) is 9.59 Å². The zero-order valence-corrected chi connectivity index (χ0v) is 24.9. The van der Waals surface area contributed by atoms with Crippen LogP contribution in [0.1, 0.15) is 41.7 Å². The van der Waals surface area contributed by atoms with Crippen LogP contribution >= 0.6 is 23.4 Å². The smallest absolute Gasteiger partial charge is 0.242 e. The summed E-state index contributed by atoms with van der Waals surface area (Å²) in [4.78, 5) is 31.2. The SMILES string of the molecule is Cc1ccc(-n2nc(-c3ccccc3)c3c2N(CC(=O)N2CCC(C)CC2)C(=O)CSC3c2ccccc2Cl)cc1. The molecule has 0 bridgehead atoms. The van der Waals surface area contributed by atoms with E-state index in [-0.39, 0.29) is 29.4 Å². The fourth-order valence-corrected chi connectivity index (χ4v) is 7.16. The maximum absolute atomic E-state index is 14.0. The first-order valence-corrected chi connectivity index (χ1v) is 15.5. The summed E-state index contributed by atoms with van der Waals surface area (Å²) in [6.07, 6.45) is 1.96. The maximum Gasteiger partial charge on any atom is 0.242 e. The fourth-order valence-electron chi connectivity index (χ4n) is 5.62. The van der Waals surface area contributed by atoms with Crippen molar-refractivity contribution < 1.29 is 9.59 Å². The molecule has 2 aliphatic rings. The second-order valence-electron chi connectivity index (χ2n) is 11.0. The van der Waals surface area contributed by atoms with Crippen molar-refractivity contribution in [1.82, 2.24) is 14.7 Å². The normalized spacial score (nSPS) is 17.8. The van der Waals surface area contributed by atoms with Crippen LogP contribution in [0, 0.1) is 12.8 Å². The van der Waals surface area contributed by atoms with Gasteiger partial charge in [-0.2, -0.15) is 5.10 Å². The van der Waals surface area contributed by atoms with E-state index in [1.807, 2.05) is 95.4 Å². The molecule has 1 atom stereocenters. The van der Waals surface area contributed by atoms with E-state index in [1.165, 1.54) is 11.8 Å². The number of aryl methyl sites for hydroxylation is 1. The molecule has 0 saturated carbocycles. The highest BCUT2D eigenvalue weighted by Crippen LogP contribution is 2.49. The van der Waals surface area contributed by atoms with Crippen LogP contribution in [0.3, 0.4) is 0 Å². The molecule has 1 unspecified atom stereocenters. The van der Waals surface area contributed by atoms with Crippen molar-refractivity contribution in [1.29, 1.82) is 0 Å². The first-order chi connectivity index (χ1) is 19.9. The predicted octanol–water partition coefficient (Wildman–Crippen LogP) is 6.93. The van der Waals surface area contributed by atoms with Crippen LogP contribution in [-0.2, 0) is 9.59 Å². The van der Waals surface area contributed by atoms with E-state index < -0.39 is 0 Å². The second kappa shape index (κ2) is 11.7. The number of halogens is 1. The Morgan fingerprint density at radius 2 is 1.66 bits per heavy atom. The number of hydrogen-bond acceptors (Lipinski definition) is 4. The van der Waals surface area contributed by atoms with Gasteiger partial charge < -0.3 is 4.90 Å². The molecular formula is C33H33ClN4O2S. The molecule has 1 fully saturated rings. The largest absolute Gasteiger partial charge is 0.341 e. The molecule has 2 amide bonds. The van der Waals surface area contributed by atoms with E-state index in [0.717, 1.165) is 59.6 Å². The Balaban J connectivity index is 1.57. The van der Waals surface area contributed by atoms with Gasteiger partial charge in [-0.25, -0.2) is 4.68 Å². The van der Waals surface area contributed by atoms with Crippen LogP contribution in [0.4, 0.5) is 5.82 Å². The number of anilines is 1. The molecule has 210 valence electrons. The molecule has 0 spiro atoms. The molecule has 41 heavy (non-hydrogen) atoms. The number of aromatic nitrogens is 2. The number of fused-ring (bicyclic) bond motifs is 1. The Bertz CT molecular complexity index is 1560. The number of benzene rings is 3. The fraction of sp³-hybridized carbons (Fsp3) is 0.303. The molecule has 4 aromatic rings. The first-order valence-electron chi connectivity index (χ1n) is 14.1. The van der Waals surface area contributed by atoms with Gasteiger partial charge in [0.15, 0.2) is 0 Å². The first kappa shape index (κ1) is 27.6. The summed E-state index contributed by atoms with van der Waals surface area (Å²) < 4.78 is 1.84. The van der Waals surface area contributed by atoms with Crippen LogP contribution < -0.4 is 4.90 Å². The molecule has 0 radical (unpaired) electrons. The quantitative estimate of drug-likeness (QED) is 0.255. The van der Waals surface area contributed by atoms with E-state index >= 15 is 0 Å². The molecule has 3 aromatic carbocycles. The number of rotatable bonds is 5. The Morgan fingerprint density at radius 1 is 0.976 bits per heavy atom. The molecule has 8 heteroatoms. The lowest BCUT2D eigenvalue weighted by atomic mass is 9.99. The lowest BCUT2D eigenvalue weighted by Gasteiger charge is -2.32. The maximum atomic E-state index is 14.0. The number of amides is 2. The summed E-state index contributed by atoms with van der Waals surface area (Å²) in [7, 11) is 0. The van der Waals surface area contributed by atoms with Gasteiger partial charge in [0.25, 0.3) is 0 Å². The van der Waals surface area contributed by atoms with Gasteiger partial charge in [0, 0.05) is 29.2 Å². The third-order valence-electron chi connectivity index (χ3n) is 8.03. The van der Waals surface area contributed by atoms with Crippen molar-refractivity contribution in [2.45, 2.75) is 31.9 Å². The van der Waals surface area contributed by atoms with Crippen molar-refractivity contribution in [3.8, 4) is 16.9 Å². The Kier molecular flexibility index (Phi) is 7.91. The van der Waals surface area contributed by atoms with Crippen LogP contribution in [0.2, 0.25) is 5.02 Å². The summed E-state index contributed by atoms with van der Waals surface area (Å²) in [6, 6.07) is 25.9. The van der Waals surface area contributed by atoms with E-state index in [2.05, 4.69) is 6.92 Å². The summed E-state index contributed by atoms with van der Waals surface area (Å²) in [5.41, 5.74) is 5.49. The highest BCUT2D eigenvalue weighted by Gasteiger charge is 2.39. The molecule has 0 N–H and O–H groups in total. The lowest BCUT2D eigenvalue weighted by molar-refractivity contribution is -0.132. The third kappa shape index (κ3) is 5.53. The molecule has 1 aromatic heterocycles. The number of piperidine rings is 1. The number of carbonyl (C=O) groups is 2. The molecule has 0 aliphatic carbocycles. The number of likely N-dealkylation sites (tertiary alicyclic amines) is 1. The summed E-state index contributed by atoms with van der Waals surface area (Å²) in [5, 5.41) is 5.54. The van der Waals surface area contributed by atoms with Gasteiger partial charge in [0.2, 0.25) is 11.8 Å². The summed E-state index contributed by atoms with van der Waals surface area (Å²) in [6.45, 7) is 5.68. The standard InChI is InChI=1S/C33H33ClN4O2S/c1-22-12-14-25(15-13-22)38-33-30(31(35-38)24-8-4-3-5-9-24)32(26-10-6-7-11-27(26)34)41-21-29(40)37(33)20-28(39)36-18-16-23(2)17-19-36/h3-15,23,32H,16-21H2,1-2H3. The molecule has 2 aliphatic heterocycles. The van der Waals surface area contributed by atoms with Crippen molar-refractivity contribution in [2.75, 3.05) is 30.3 Å². The Labute approximate surface area is 250 Å². The van der Waals surface area contributed by atoms with Gasteiger partial charge in [0.1, 0.15) is 12.4 Å². The van der Waals surface area contributed by atoms with Crippen molar-refractivity contribution in [3.63, 3.8) is 0 Å². The monoisotopic (exact) mass is 584 g/mol. The Hall–Kier alpha value is -3.55. The number of thioether (sulfide) groups is 1. The van der Waals surface area contributed by atoms with Crippen molar-refractivity contribution in [3.05, 3.63) is 101 Å². The van der Waals surface area contributed by atoms with Gasteiger partial charge in [-0.05, 0) is 49.4 Å². The van der Waals surface area contributed by atoms with E-state index in [0.29, 0.717) is 16.8 Å². The average Bonchev–Trinajstić information content (AvgIpc) is 3.31. The molecule has 6 nitrogen and oxygen atoms in total. The molecular weight excluding hydrogens is 552 g/mol. The number of hydrogen-bond donors (Lipinski definition) is 0. The highest BCUT2D eigenvalue weighted by molar-refractivity contribution is 8.00. The third-order valence-corrected chi connectivity index (χ3v) is 9.61. The minimum atomic E-state index is -0.256. The van der Waals surface area contributed by atoms with Gasteiger partial charge in [-0.15, -0.1) is 11.8 Å². The molecule has 6 rings (SSSR count). The van der Waals surface area contributed by atoms with Gasteiger partial charge in [-0.1, -0.05) is 84.8 Å².